The standard InChI is InChI=1S/C23H32N2O3/c1-13(26)24-19-12-15-11-16(28)7-9-22(15,3)18-8-10-23(4)17(21(18)19)5-6-20(23)25-14(2)27/h7-9,11,16-17,19-21,28H,5-6,10,12H2,1-4H3,(H,24,26)(H,25,27)/t16?,17-,19?,20?,21-,22-,23-/m0/s1. The predicted molar refractivity (Wildman–Crippen MR) is 108 cm³/mol. The number of rotatable bonds is 2. The Hall–Kier alpha value is -1.88. The highest BCUT2D eigenvalue weighted by Gasteiger charge is 2.58. The van der Waals surface area contributed by atoms with Crippen LogP contribution in [-0.4, -0.2) is 35.1 Å². The Morgan fingerprint density at radius 3 is 2.54 bits per heavy atom. The first-order valence-corrected chi connectivity index (χ1v) is 10.5. The fourth-order valence-electron chi connectivity index (χ4n) is 6.53. The molecule has 0 aliphatic heterocycles. The maximum Gasteiger partial charge on any atom is 0.217 e. The Balaban J connectivity index is 1.77. The van der Waals surface area contributed by atoms with Gasteiger partial charge in [0.15, 0.2) is 0 Å². The van der Waals surface area contributed by atoms with Gasteiger partial charge in [-0.2, -0.15) is 0 Å². The van der Waals surface area contributed by atoms with E-state index >= 15 is 0 Å². The van der Waals surface area contributed by atoms with Gasteiger partial charge in [0.25, 0.3) is 0 Å². The van der Waals surface area contributed by atoms with Crippen LogP contribution < -0.4 is 10.6 Å². The smallest absolute Gasteiger partial charge is 0.217 e. The van der Waals surface area contributed by atoms with Gasteiger partial charge in [0.2, 0.25) is 11.8 Å². The van der Waals surface area contributed by atoms with E-state index in [1.54, 1.807) is 13.8 Å². The molecule has 2 amide bonds. The quantitative estimate of drug-likeness (QED) is 0.641. The number of amides is 2. The summed E-state index contributed by atoms with van der Waals surface area (Å²) in [4.78, 5) is 23.8. The van der Waals surface area contributed by atoms with E-state index in [4.69, 9.17) is 0 Å². The second-order valence-corrected chi connectivity index (χ2v) is 9.59. The SMILES string of the molecule is CC(=O)NC1CC2=CC(O)C=C[C@]2(C)C2=CC[C@]3(C)C(NC(C)=O)CC[C@H]3[C@@H]21. The highest BCUT2D eigenvalue weighted by Crippen LogP contribution is 2.62. The first-order valence-electron chi connectivity index (χ1n) is 10.5. The molecule has 0 bridgehead atoms. The Kier molecular flexibility index (Phi) is 4.57. The van der Waals surface area contributed by atoms with E-state index in [9.17, 15) is 14.7 Å². The van der Waals surface area contributed by atoms with Crippen LogP contribution in [0.5, 0.6) is 0 Å². The zero-order valence-corrected chi connectivity index (χ0v) is 17.3. The van der Waals surface area contributed by atoms with Crippen molar-refractivity contribution in [2.75, 3.05) is 0 Å². The van der Waals surface area contributed by atoms with Crippen molar-refractivity contribution in [3.8, 4) is 0 Å². The van der Waals surface area contributed by atoms with Crippen molar-refractivity contribution < 1.29 is 14.7 Å². The van der Waals surface area contributed by atoms with E-state index in [2.05, 4.69) is 36.6 Å². The van der Waals surface area contributed by atoms with Crippen molar-refractivity contribution in [2.24, 2.45) is 22.7 Å². The van der Waals surface area contributed by atoms with Crippen LogP contribution >= 0.6 is 0 Å². The van der Waals surface area contributed by atoms with E-state index in [0.717, 1.165) is 25.7 Å². The fraction of sp³-hybridized carbons (Fsp3) is 0.652. The Morgan fingerprint density at radius 2 is 1.86 bits per heavy atom. The molecule has 7 atom stereocenters. The summed E-state index contributed by atoms with van der Waals surface area (Å²) in [5.74, 6) is 0.692. The van der Waals surface area contributed by atoms with Crippen LogP contribution in [0.3, 0.4) is 0 Å². The van der Waals surface area contributed by atoms with Crippen LogP contribution in [-0.2, 0) is 9.59 Å². The van der Waals surface area contributed by atoms with Crippen LogP contribution in [0.15, 0.2) is 35.5 Å². The molecule has 4 rings (SSSR count). The number of hydrogen-bond donors (Lipinski definition) is 3. The number of aliphatic hydroxyl groups is 1. The second kappa shape index (κ2) is 6.58. The summed E-state index contributed by atoms with van der Waals surface area (Å²) >= 11 is 0. The first kappa shape index (κ1) is 19.4. The van der Waals surface area contributed by atoms with Crippen molar-refractivity contribution in [2.45, 2.75) is 71.6 Å². The molecule has 3 N–H and O–H groups in total. The largest absolute Gasteiger partial charge is 0.385 e. The lowest BCUT2D eigenvalue weighted by Crippen LogP contribution is -2.56. The zero-order valence-electron chi connectivity index (χ0n) is 17.3. The monoisotopic (exact) mass is 384 g/mol. The van der Waals surface area contributed by atoms with Crippen molar-refractivity contribution in [3.63, 3.8) is 0 Å². The molecule has 0 spiro atoms. The zero-order chi connectivity index (χ0) is 20.3. The molecule has 4 aliphatic carbocycles. The lowest BCUT2D eigenvalue weighted by Gasteiger charge is -2.55. The van der Waals surface area contributed by atoms with Crippen LogP contribution in [0.1, 0.15) is 53.4 Å². The lowest BCUT2D eigenvalue weighted by atomic mass is 9.51. The third-order valence-electron chi connectivity index (χ3n) is 7.87. The van der Waals surface area contributed by atoms with Gasteiger partial charge in [-0.1, -0.05) is 42.4 Å². The summed E-state index contributed by atoms with van der Waals surface area (Å²) in [5, 5.41) is 16.5. The van der Waals surface area contributed by atoms with Crippen molar-refractivity contribution in [1.29, 1.82) is 0 Å². The summed E-state index contributed by atoms with van der Waals surface area (Å²) in [5.41, 5.74) is 2.39. The predicted octanol–water partition coefficient (Wildman–Crippen LogP) is 2.63. The maximum absolute atomic E-state index is 12.0. The number of nitrogens with one attached hydrogen (secondary N) is 2. The molecule has 0 saturated heterocycles. The number of allylic oxidation sites excluding steroid dienone is 2. The molecule has 0 heterocycles. The average molecular weight is 385 g/mol. The van der Waals surface area contributed by atoms with Gasteiger partial charge in [0.1, 0.15) is 0 Å². The number of hydrogen-bond acceptors (Lipinski definition) is 3. The average Bonchev–Trinajstić information content (AvgIpc) is 2.92. The van der Waals surface area contributed by atoms with Crippen LogP contribution in [0, 0.1) is 22.7 Å². The van der Waals surface area contributed by atoms with Crippen LogP contribution in [0.2, 0.25) is 0 Å². The Labute approximate surface area is 167 Å². The van der Waals surface area contributed by atoms with Crippen LogP contribution in [0.25, 0.3) is 0 Å². The van der Waals surface area contributed by atoms with E-state index in [1.165, 1.54) is 11.1 Å². The topological polar surface area (TPSA) is 78.4 Å². The molecule has 2 saturated carbocycles. The molecule has 2 fully saturated rings. The highest BCUT2D eigenvalue weighted by molar-refractivity contribution is 5.74. The van der Waals surface area contributed by atoms with E-state index in [1.807, 2.05) is 12.2 Å². The second-order valence-electron chi connectivity index (χ2n) is 9.59. The third kappa shape index (κ3) is 2.86. The van der Waals surface area contributed by atoms with Gasteiger partial charge in [-0.15, -0.1) is 0 Å². The van der Waals surface area contributed by atoms with Gasteiger partial charge in [-0.25, -0.2) is 0 Å². The molecular weight excluding hydrogens is 352 g/mol. The molecule has 0 aromatic heterocycles. The summed E-state index contributed by atoms with van der Waals surface area (Å²) < 4.78 is 0. The minimum absolute atomic E-state index is 0.00598. The van der Waals surface area contributed by atoms with E-state index in [-0.39, 0.29) is 40.6 Å². The number of carbonyl (C=O) groups excluding carboxylic acids is 2. The van der Waals surface area contributed by atoms with Gasteiger partial charge in [-0.3, -0.25) is 9.59 Å². The molecule has 0 radical (unpaired) electrons. The van der Waals surface area contributed by atoms with Crippen molar-refractivity contribution in [1.82, 2.24) is 10.6 Å². The minimum Gasteiger partial charge on any atom is -0.385 e. The van der Waals surface area contributed by atoms with Gasteiger partial charge >= 0.3 is 0 Å². The van der Waals surface area contributed by atoms with E-state index < -0.39 is 6.10 Å². The van der Waals surface area contributed by atoms with Gasteiger partial charge < -0.3 is 15.7 Å². The molecular formula is C23H32N2O3. The summed E-state index contributed by atoms with van der Waals surface area (Å²) in [6.07, 6.45) is 11.5. The fourth-order valence-corrected chi connectivity index (χ4v) is 6.53. The molecule has 28 heavy (non-hydrogen) atoms. The highest BCUT2D eigenvalue weighted by atomic mass is 16.3. The Morgan fingerprint density at radius 1 is 1.14 bits per heavy atom. The van der Waals surface area contributed by atoms with Crippen molar-refractivity contribution >= 4 is 11.8 Å². The molecule has 5 heteroatoms. The summed E-state index contributed by atoms with van der Waals surface area (Å²) in [7, 11) is 0. The number of aliphatic hydroxyl groups excluding tert-OH is 1. The third-order valence-corrected chi connectivity index (χ3v) is 7.87. The normalized spacial score (nSPS) is 43.8. The molecule has 0 aromatic carbocycles. The molecule has 152 valence electrons. The molecule has 5 nitrogen and oxygen atoms in total. The van der Waals surface area contributed by atoms with Gasteiger partial charge in [-0.05, 0) is 43.9 Å². The Bertz CT molecular complexity index is 798. The van der Waals surface area contributed by atoms with Crippen LogP contribution in [0.4, 0.5) is 0 Å². The molecule has 4 aliphatic rings. The maximum atomic E-state index is 12.0. The van der Waals surface area contributed by atoms with Gasteiger partial charge in [0, 0.05) is 37.3 Å². The van der Waals surface area contributed by atoms with Crippen molar-refractivity contribution in [3.05, 3.63) is 35.5 Å². The summed E-state index contributed by atoms with van der Waals surface area (Å²) in [6.45, 7) is 7.72. The number of fused-ring (bicyclic) bond motifs is 5. The minimum atomic E-state index is -0.553. The molecule has 3 unspecified atom stereocenters. The molecule has 0 aromatic rings. The summed E-state index contributed by atoms with van der Waals surface area (Å²) in [6, 6.07) is 0.210. The lowest BCUT2D eigenvalue weighted by molar-refractivity contribution is -0.120. The van der Waals surface area contributed by atoms with E-state index in [0.29, 0.717) is 5.92 Å². The number of carbonyl (C=O) groups is 2. The first-order chi connectivity index (χ1) is 13.1. The van der Waals surface area contributed by atoms with Gasteiger partial charge in [0.05, 0.1) is 6.10 Å².